The van der Waals surface area contributed by atoms with Crippen LogP contribution < -0.4 is 5.32 Å². The molecule has 5 heteroatoms. The van der Waals surface area contributed by atoms with Gasteiger partial charge in [-0.2, -0.15) is 0 Å². The number of anilines is 1. The topological polar surface area (TPSA) is 38.3 Å². The highest BCUT2D eigenvalue weighted by Gasteiger charge is 2.37. The highest BCUT2D eigenvalue weighted by molar-refractivity contribution is 9.10. The molecule has 1 aromatic rings. The third-order valence-corrected chi connectivity index (χ3v) is 3.68. The Labute approximate surface area is 114 Å². The van der Waals surface area contributed by atoms with Crippen molar-refractivity contribution in [2.75, 3.05) is 12.4 Å². The molecule has 1 aliphatic carbocycles. The van der Waals surface area contributed by atoms with E-state index in [-0.39, 0.29) is 12.0 Å². The average molecular weight is 319 g/mol. The largest absolute Gasteiger partial charge is 0.467 e. The molecular weight excluding hydrogens is 305 g/mol. The van der Waals surface area contributed by atoms with Gasteiger partial charge in [0, 0.05) is 15.2 Å². The molecule has 0 heterocycles. The first kappa shape index (κ1) is 12.7. The van der Waals surface area contributed by atoms with Gasteiger partial charge in [-0.3, -0.25) is 0 Å². The molecule has 17 heavy (non-hydrogen) atoms. The van der Waals surface area contributed by atoms with E-state index in [1.54, 1.807) is 12.1 Å². The van der Waals surface area contributed by atoms with Crippen LogP contribution in [0.4, 0.5) is 5.69 Å². The van der Waals surface area contributed by atoms with Crippen molar-refractivity contribution in [1.29, 1.82) is 0 Å². The zero-order valence-electron chi connectivity index (χ0n) is 9.37. The number of methoxy groups -OCH3 is 1. The second-order valence-electron chi connectivity index (χ2n) is 4.11. The molecule has 0 spiro atoms. The lowest BCUT2D eigenvalue weighted by Gasteiger charge is -2.18. The Morgan fingerprint density at radius 2 is 2.29 bits per heavy atom. The summed E-state index contributed by atoms with van der Waals surface area (Å²) in [6.07, 6.45) is 2.13. The van der Waals surface area contributed by atoms with E-state index in [1.807, 2.05) is 6.07 Å². The fourth-order valence-corrected chi connectivity index (χ4v) is 2.50. The third kappa shape index (κ3) is 3.13. The van der Waals surface area contributed by atoms with Crippen molar-refractivity contribution < 1.29 is 9.53 Å². The molecule has 2 rings (SSSR count). The van der Waals surface area contributed by atoms with E-state index in [2.05, 4.69) is 21.2 Å². The summed E-state index contributed by atoms with van der Waals surface area (Å²) in [4.78, 5) is 11.6. The minimum atomic E-state index is -0.266. The summed E-state index contributed by atoms with van der Waals surface area (Å²) < 4.78 is 5.65. The predicted octanol–water partition coefficient (Wildman–Crippen LogP) is 3.47. The second kappa shape index (κ2) is 5.27. The number of halogens is 2. The molecular formula is C12H13BrClNO2. The summed E-state index contributed by atoms with van der Waals surface area (Å²) in [5, 5.41) is 3.86. The fraction of sp³-hybridized carbons (Fsp3) is 0.417. The average Bonchev–Trinajstić information content (AvgIpc) is 3.11. The lowest BCUT2D eigenvalue weighted by Crippen LogP contribution is -2.32. The molecule has 0 bridgehead atoms. The molecule has 3 nitrogen and oxygen atoms in total. The first-order valence-corrected chi connectivity index (χ1v) is 6.58. The summed E-state index contributed by atoms with van der Waals surface area (Å²) in [5.41, 5.74) is 0.858. The number of carbonyl (C=O) groups excluding carboxylic acids is 1. The van der Waals surface area contributed by atoms with Crippen LogP contribution in [0.2, 0.25) is 5.02 Å². The Morgan fingerprint density at radius 1 is 1.59 bits per heavy atom. The number of ether oxygens (including phenoxy) is 1. The number of hydrogen-bond donors (Lipinski definition) is 1. The maximum absolute atomic E-state index is 11.6. The van der Waals surface area contributed by atoms with Crippen LogP contribution in [0.15, 0.2) is 22.7 Å². The number of hydrogen-bond acceptors (Lipinski definition) is 3. The van der Waals surface area contributed by atoms with Crippen LogP contribution in [0, 0.1) is 5.92 Å². The number of benzene rings is 1. The van der Waals surface area contributed by atoms with Crippen LogP contribution in [-0.2, 0) is 9.53 Å². The third-order valence-electron chi connectivity index (χ3n) is 2.79. The molecule has 1 aromatic carbocycles. The lowest BCUT2D eigenvalue weighted by atomic mass is 10.1. The van der Waals surface area contributed by atoms with Crippen molar-refractivity contribution in [3.05, 3.63) is 27.7 Å². The number of nitrogens with one attached hydrogen (secondary N) is 1. The van der Waals surface area contributed by atoms with Gasteiger partial charge in [-0.15, -0.1) is 0 Å². The number of carbonyl (C=O) groups is 1. The Hall–Kier alpha value is -0.740. The first-order chi connectivity index (χ1) is 8.11. The van der Waals surface area contributed by atoms with Gasteiger partial charge in [0.1, 0.15) is 6.04 Å². The van der Waals surface area contributed by atoms with Crippen molar-refractivity contribution in [3.63, 3.8) is 0 Å². The predicted molar refractivity (Wildman–Crippen MR) is 71.3 cm³/mol. The molecule has 0 aliphatic heterocycles. The van der Waals surface area contributed by atoms with E-state index in [9.17, 15) is 4.79 Å². The van der Waals surface area contributed by atoms with Crippen molar-refractivity contribution in [2.24, 2.45) is 5.92 Å². The molecule has 1 saturated carbocycles. The van der Waals surface area contributed by atoms with Gasteiger partial charge in [-0.1, -0.05) is 11.6 Å². The Balaban J connectivity index is 2.14. The highest BCUT2D eigenvalue weighted by atomic mass is 79.9. The standard InChI is InChI=1S/C12H13BrClNO2/c1-17-12(16)11(7-2-3-7)15-10-5-4-8(14)6-9(10)13/h4-7,11,15H,2-3H2,1H3. The zero-order valence-corrected chi connectivity index (χ0v) is 11.7. The fourth-order valence-electron chi connectivity index (χ4n) is 1.70. The lowest BCUT2D eigenvalue weighted by molar-refractivity contribution is -0.142. The minimum absolute atomic E-state index is 0.214. The van der Waals surface area contributed by atoms with Gasteiger partial charge < -0.3 is 10.1 Å². The summed E-state index contributed by atoms with van der Waals surface area (Å²) in [7, 11) is 1.41. The molecule has 0 saturated heterocycles. The van der Waals surface area contributed by atoms with Gasteiger partial charge in [0.15, 0.2) is 0 Å². The van der Waals surface area contributed by atoms with Crippen LogP contribution in [0.1, 0.15) is 12.8 Å². The summed E-state index contributed by atoms with van der Waals surface area (Å²) in [5.74, 6) is 0.166. The molecule has 1 unspecified atom stereocenters. The van der Waals surface area contributed by atoms with E-state index in [1.165, 1.54) is 7.11 Å². The van der Waals surface area contributed by atoms with Crippen LogP contribution in [0.25, 0.3) is 0 Å². The molecule has 0 amide bonds. The van der Waals surface area contributed by atoms with Crippen molar-refractivity contribution in [3.8, 4) is 0 Å². The van der Waals surface area contributed by atoms with Crippen LogP contribution in [0.3, 0.4) is 0 Å². The summed E-state index contributed by atoms with van der Waals surface area (Å²) in [6.45, 7) is 0. The molecule has 1 atom stereocenters. The molecule has 0 aromatic heterocycles. The van der Waals surface area contributed by atoms with Gasteiger partial charge in [0.05, 0.1) is 7.11 Å². The molecule has 1 aliphatic rings. The molecule has 0 radical (unpaired) electrons. The van der Waals surface area contributed by atoms with Gasteiger partial charge in [-0.05, 0) is 52.9 Å². The van der Waals surface area contributed by atoms with E-state index < -0.39 is 0 Å². The maximum Gasteiger partial charge on any atom is 0.328 e. The van der Waals surface area contributed by atoms with Crippen LogP contribution >= 0.6 is 27.5 Å². The Morgan fingerprint density at radius 3 is 2.82 bits per heavy atom. The smallest absolute Gasteiger partial charge is 0.328 e. The van der Waals surface area contributed by atoms with Gasteiger partial charge in [0.25, 0.3) is 0 Å². The molecule has 1 fully saturated rings. The first-order valence-electron chi connectivity index (χ1n) is 5.41. The quantitative estimate of drug-likeness (QED) is 0.864. The summed E-state index contributed by atoms with van der Waals surface area (Å²) >= 11 is 9.29. The monoisotopic (exact) mass is 317 g/mol. The van der Waals surface area contributed by atoms with Crippen LogP contribution in [-0.4, -0.2) is 19.1 Å². The van der Waals surface area contributed by atoms with E-state index in [0.717, 1.165) is 23.0 Å². The Kier molecular flexibility index (Phi) is 3.94. The van der Waals surface area contributed by atoms with E-state index in [4.69, 9.17) is 16.3 Å². The summed E-state index contributed by atoms with van der Waals surface area (Å²) in [6, 6.07) is 5.17. The molecule has 1 N–H and O–H groups in total. The second-order valence-corrected chi connectivity index (χ2v) is 5.40. The normalized spacial score (nSPS) is 16.4. The van der Waals surface area contributed by atoms with E-state index in [0.29, 0.717) is 10.9 Å². The van der Waals surface area contributed by atoms with Crippen molar-refractivity contribution in [2.45, 2.75) is 18.9 Å². The van der Waals surface area contributed by atoms with Gasteiger partial charge >= 0.3 is 5.97 Å². The Bertz CT molecular complexity index is 435. The minimum Gasteiger partial charge on any atom is -0.467 e. The molecule has 92 valence electrons. The number of rotatable bonds is 4. The maximum atomic E-state index is 11.6. The van der Waals surface area contributed by atoms with Gasteiger partial charge in [-0.25, -0.2) is 4.79 Å². The highest BCUT2D eigenvalue weighted by Crippen LogP contribution is 2.36. The van der Waals surface area contributed by atoms with Gasteiger partial charge in [0.2, 0.25) is 0 Å². The van der Waals surface area contributed by atoms with Crippen molar-refractivity contribution >= 4 is 39.2 Å². The van der Waals surface area contributed by atoms with E-state index >= 15 is 0 Å². The number of esters is 1. The SMILES string of the molecule is COC(=O)C(Nc1ccc(Cl)cc1Br)C1CC1. The zero-order chi connectivity index (χ0) is 12.4. The van der Waals surface area contributed by atoms with Crippen LogP contribution in [0.5, 0.6) is 0 Å². The van der Waals surface area contributed by atoms with Crippen molar-refractivity contribution in [1.82, 2.24) is 0 Å².